The SMILES string of the molecule is C=C/C=C/CC(=O)NCCCCCCOP(OCCC#N)N(C(C)C)C(C)C. The topological polar surface area (TPSA) is 74.6 Å². The van der Waals surface area contributed by atoms with Crippen LogP contribution in [-0.4, -0.2) is 42.4 Å². The number of nitriles is 1. The van der Waals surface area contributed by atoms with Gasteiger partial charge in [-0.1, -0.05) is 37.6 Å². The Kier molecular flexibility index (Phi) is 17.0. The molecule has 0 aliphatic heterocycles. The van der Waals surface area contributed by atoms with Crippen molar-refractivity contribution in [1.29, 1.82) is 5.26 Å². The molecule has 0 aromatic heterocycles. The second-order valence-electron chi connectivity index (χ2n) is 7.01. The fraction of sp³-hybridized carbons (Fsp3) is 0.714. The van der Waals surface area contributed by atoms with Crippen LogP contribution >= 0.6 is 8.53 Å². The summed E-state index contributed by atoms with van der Waals surface area (Å²) in [5, 5.41) is 11.6. The van der Waals surface area contributed by atoms with Crippen LogP contribution < -0.4 is 5.32 Å². The Morgan fingerprint density at radius 1 is 1.14 bits per heavy atom. The molecule has 1 unspecified atom stereocenters. The maximum absolute atomic E-state index is 11.6. The Bertz CT molecular complexity index is 482. The lowest BCUT2D eigenvalue weighted by Crippen LogP contribution is -2.33. The molecular formula is C21H38N3O3P. The highest BCUT2D eigenvalue weighted by Crippen LogP contribution is 2.46. The third-order valence-corrected chi connectivity index (χ3v) is 5.94. The van der Waals surface area contributed by atoms with Crippen molar-refractivity contribution < 1.29 is 13.8 Å². The molecule has 0 radical (unpaired) electrons. The van der Waals surface area contributed by atoms with Crippen LogP contribution in [0.1, 0.15) is 66.2 Å². The average Bonchev–Trinajstić information content (AvgIpc) is 2.63. The van der Waals surface area contributed by atoms with Crippen molar-refractivity contribution in [2.45, 2.75) is 78.3 Å². The van der Waals surface area contributed by atoms with Crippen molar-refractivity contribution in [2.75, 3.05) is 19.8 Å². The van der Waals surface area contributed by atoms with Gasteiger partial charge in [-0.2, -0.15) is 5.26 Å². The fourth-order valence-corrected chi connectivity index (χ4v) is 4.24. The van der Waals surface area contributed by atoms with Crippen molar-refractivity contribution >= 4 is 14.4 Å². The number of nitrogens with one attached hydrogen (secondary N) is 1. The van der Waals surface area contributed by atoms with Crippen LogP contribution in [0, 0.1) is 11.3 Å². The highest BCUT2D eigenvalue weighted by atomic mass is 31.2. The first-order valence-electron chi connectivity index (χ1n) is 10.2. The van der Waals surface area contributed by atoms with Gasteiger partial charge >= 0.3 is 0 Å². The smallest absolute Gasteiger partial charge is 0.259 e. The van der Waals surface area contributed by atoms with E-state index in [1.54, 1.807) is 18.2 Å². The fourth-order valence-electron chi connectivity index (χ4n) is 2.61. The molecule has 0 aromatic carbocycles. The Hall–Kier alpha value is -1.25. The van der Waals surface area contributed by atoms with Gasteiger partial charge < -0.3 is 14.4 Å². The number of rotatable bonds is 17. The van der Waals surface area contributed by atoms with Crippen LogP contribution in [0.2, 0.25) is 0 Å². The summed E-state index contributed by atoms with van der Waals surface area (Å²) in [5.41, 5.74) is 0. The van der Waals surface area contributed by atoms with Crippen molar-refractivity contribution in [1.82, 2.24) is 9.99 Å². The number of nitrogens with zero attached hydrogens (tertiary/aromatic N) is 2. The van der Waals surface area contributed by atoms with Crippen LogP contribution in [0.15, 0.2) is 24.8 Å². The largest absolute Gasteiger partial charge is 0.356 e. The molecule has 7 heteroatoms. The Balaban J connectivity index is 4.03. The standard InChI is InChI=1S/C21H38N3O3P/c1-6-7-10-14-21(25)23-16-11-8-9-12-17-26-28(27-18-13-15-22)24(19(2)3)20(4)5/h6-7,10,19-20H,1,8-9,11-14,16-18H2,2-5H3,(H,23,25)/b10-7+. The number of carbonyl (C=O) groups excluding carboxylic acids is 1. The summed E-state index contributed by atoms with van der Waals surface area (Å²) in [4.78, 5) is 11.6. The van der Waals surface area contributed by atoms with E-state index in [4.69, 9.17) is 14.3 Å². The van der Waals surface area contributed by atoms with Gasteiger partial charge in [0.1, 0.15) is 0 Å². The lowest BCUT2D eigenvalue weighted by Gasteiger charge is -2.35. The van der Waals surface area contributed by atoms with E-state index in [9.17, 15) is 4.79 Å². The molecule has 0 fully saturated rings. The van der Waals surface area contributed by atoms with Crippen LogP contribution in [0.25, 0.3) is 0 Å². The third kappa shape index (κ3) is 13.8. The lowest BCUT2D eigenvalue weighted by atomic mass is 10.2. The number of unbranched alkanes of at least 4 members (excludes halogenated alkanes) is 3. The molecule has 1 amide bonds. The van der Waals surface area contributed by atoms with E-state index in [2.05, 4.69) is 50.3 Å². The van der Waals surface area contributed by atoms with Crippen LogP contribution in [0.4, 0.5) is 0 Å². The second kappa shape index (κ2) is 17.8. The van der Waals surface area contributed by atoms with Crippen LogP contribution in [0.5, 0.6) is 0 Å². The number of carbonyl (C=O) groups is 1. The molecule has 0 aromatic rings. The first-order chi connectivity index (χ1) is 13.4. The summed E-state index contributed by atoms with van der Waals surface area (Å²) in [5.74, 6) is 0.0454. The Morgan fingerprint density at radius 2 is 1.79 bits per heavy atom. The Morgan fingerprint density at radius 3 is 2.39 bits per heavy atom. The molecule has 0 saturated carbocycles. The third-order valence-electron chi connectivity index (χ3n) is 3.83. The predicted octanol–water partition coefficient (Wildman–Crippen LogP) is 5.09. The van der Waals surface area contributed by atoms with Gasteiger partial charge in [0, 0.05) is 25.0 Å². The normalized spacial score (nSPS) is 12.6. The van der Waals surface area contributed by atoms with E-state index in [0.717, 1.165) is 25.7 Å². The number of allylic oxidation sites excluding steroid dienone is 2. The van der Waals surface area contributed by atoms with Crippen LogP contribution in [-0.2, 0) is 13.8 Å². The summed E-state index contributed by atoms with van der Waals surface area (Å²) in [6.07, 6.45) is 10.0. The zero-order chi connectivity index (χ0) is 21.2. The van der Waals surface area contributed by atoms with E-state index < -0.39 is 8.53 Å². The summed E-state index contributed by atoms with van der Waals surface area (Å²) in [6, 6.07) is 2.75. The van der Waals surface area contributed by atoms with Gasteiger partial charge in [-0.05, 0) is 40.5 Å². The zero-order valence-corrected chi connectivity index (χ0v) is 18.9. The van der Waals surface area contributed by atoms with E-state index in [1.807, 2.05) is 0 Å². The lowest BCUT2D eigenvalue weighted by molar-refractivity contribution is -0.120. The van der Waals surface area contributed by atoms with Gasteiger partial charge in [0.05, 0.1) is 25.7 Å². The highest BCUT2D eigenvalue weighted by Gasteiger charge is 2.26. The van der Waals surface area contributed by atoms with Crippen molar-refractivity contribution in [3.05, 3.63) is 24.8 Å². The van der Waals surface area contributed by atoms with E-state index in [1.165, 1.54) is 0 Å². The van der Waals surface area contributed by atoms with E-state index in [0.29, 0.717) is 44.7 Å². The molecule has 0 bridgehead atoms. The van der Waals surface area contributed by atoms with Gasteiger partial charge in [-0.15, -0.1) is 0 Å². The summed E-state index contributed by atoms with van der Waals surface area (Å²) in [6.45, 7) is 13.9. The Labute approximate surface area is 172 Å². The number of amides is 1. The molecule has 1 N–H and O–H groups in total. The van der Waals surface area contributed by atoms with E-state index >= 15 is 0 Å². The van der Waals surface area contributed by atoms with Gasteiger partial charge in [-0.3, -0.25) is 4.79 Å². The molecule has 0 aliphatic rings. The second-order valence-corrected chi connectivity index (χ2v) is 8.47. The summed E-state index contributed by atoms with van der Waals surface area (Å²) >= 11 is 0. The summed E-state index contributed by atoms with van der Waals surface area (Å²) in [7, 11) is -1.15. The maximum atomic E-state index is 11.6. The van der Waals surface area contributed by atoms with Crippen molar-refractivity contribution in [3.8, 4) is 6.07 Å². The summed E-state index contributed by atoms with van der Waals surface area (Å²) < 4.78 is 14.2. The molecule has 0 heterocycles. The molecule has 0 rings (SSSR count). The molecule has 0 spiro atoms. The average molecular weight is 412 g/mol. The van der Waals surface area contributed by atoms with Crippen molar-refractivity contribution in [3.63, 3.8) is 0 Å². The van der Waals surface area contributed by atoms with Gasteiger partial charge in [-0.25, -0.2) is 4.67 Å². The number of hydrogen-bond acceptors (Lipinski definition) is 5. The van der Waals surface area contributed by atoms with Gasteiger partial charge in [0.2, 0.25) is 5.91 Å². The van der Waals surface area contributed by atoms with Crippen molar-refractivity contribution in [2.24, 2.45) is 0 Å². The van der Waals surface area contributed by atoms with Crippen LogP contribution in [0.3, 0.4) is 0 Å². The monoisotopic (exact) mass is 411 g/mol. The first kappa shape index (κ1) is 26.8. The predicted molar refractivity (Wildman–Crippen MR) is 117 cm³/mol. The minimum Gasteiger partial charge on any atom is -0.356 e. The molecule has 1 atom stereocenters. The quantitative estimate of drug-likeness (QED) is 0.205. The van der Waals surface area contributed by atoms with E-state index in [-0.39, 0.29) is 5.91 Å². The first-order valence-corrected chi connectivity index (χ1v) is 11.3. The molecule has 28 heavy (non-hydrogen) atoms. The molecule has 0 saturated heterocycles. The minimum absolute atomic E-state index is 0.0454. The molecular weight excluding hydrogens is 373 g/mol. The molecule has 0 aliphatic carbocycles. The maximum Gasteiger partial charge on any atom is 0.259 e. The molecule has 160 valence electrons. The highest BCUT2D eigenvalue weighted by molar-refractivity contribution is 7.44. The minimum atomic E-state index is -1.15. The number of hydrogen-bond donors (Lipinski definition) is 1. The zero-order valence-electron chi connectivity index (χ0n) is 18.0. The van der Waals surface area contributed by atoms with Gasteiger partial charge in [0.25, 0.3) is 8.53 Å². The van der Waals surface area contributed by atoms with Gasteiger partial charge in [0.15, 0.2) is 0 Å². The molecule has 6 nitrogen and oxygen atoms in total.